The van der Waals surface area contributed by atoms with Gasteiger partial charge in [0.25, 0.3) is 5.91 Å². The number of benzene rings is 2. The Balaban J connectivity index is 2.02. The first-order valence-corrected chi connectivity index (χ1v) is 5.79. The smallest absolute Gasteiger partial charge is 0.258 e. The van der Waals surface area contributed by atoms with E-state index in [4.69, 9.17) is 11.6 Å². The van der Waals surface area contributed by atoms with Crippen molar-refractivity contribution < 1.29 is 4.79 Å². The minimum atomic E-state index is 0.0443. The molecule has 1 aliphatic heterocycles. The Hall–Kier alpha value is -1.80. The van der Waals surface area contributed by atoms with Crippen LogP contribution in [0.3, 0.4) is 0 Å². The minimum Gasteiger partial charge on any atom is -0.304 e. The molecule has 1 aliphatic rings. The third-order valence-corrected chi connectivity index (χ3v) is 3.17. The van der Waals surface area contributed by atoms with E-state index in [1.54, 1.807) is 17.0 Å². The molecule has 84 valence electrons. The van der Waals surface area contributed by atoms with Gasteiger partial charge in [-0.1, -0.05) is 29.8 Å². The van der Waals surface area contributed by atoms with Gasteiger partial charge in [-0.2, -0.15) is 0 Å². The molecular weight excluding hydrogens is 234 g/mol. The first-order valence-electron chi connectivity index (χ1n) is 5.41. The number of hydrogen-bond acceptors (Lipinski definition) is 1. The SMILES string of the molecule is O=C1c2ccc(Cl)cc2CN1c1ccccc1. The zero-order chi connectivity index (χ0) is 11.8. The van der Waals surface area contributed by atoms with Crippen LogP contribution in [0.25, 0.3) is 0 Å². The molecule has 0 saturated heterocycles. The zero-order valence-corrected chi connectivity index (χ0v) is 9.82. The third kappa shape index (κ3) is 1.71. The maximum absolute atomic E-state index is 12.2. The van der Waals surface area contributed by atoms with Gasteiger partial charge in [-0.05, 0) is 35.9 Å². The molecule has 0 spiro atoms. The summed E-state index contributed by atoms with van der Waals surface area (Å²) < 4.78 is 0. The number of nitrogens with zero attached hydrogens (tertiary/aromatic N) is 1. The highest BCUT2D eigenvalue weighted by Crippen LogP contribution is 2.29. The average molecular weight is 244 g/mol. The fraction of sp³-hybridized carbons (Fsp3) is 0.0714. The summed E-state index contributed by atoms with van der Waals surface area (Å²) in [4.78, 5) is 14.0. The Morgan fingerprint density at radius 1 is 1.06 bits per heavy atom. The van der Waals surface area contributed by atoms with E-state index in [9.17, 15) is 4.79 Å². The highest BCUT2D eigenvalue weighted by atomic mass is 35.5. The molecule has 3 rings (SSSR count). The van der Waals surface area contributed by atoms with Gasteiger partial charge < -0.3 is 4.90 Å². The third-order valence-electron chi connectivity index (χ3n) is 2.94. The summed E-state index contributed by atoms with van der Waals surface area (Å²) in [7, 11) is 0. The molecule has 0 bridgehead atoms. The van der Waals surface area contributed by atoms with Crippen LogP contribution in [0.4, 0.5) is 5.69 Å². The van der Waals surface area contributed by atoms with Crippen LogP contribution in [0.1, 0.15) is 15.9 Å². The van der Waals surface area contributed by atoms with Gasteiger partial charge in [-0.25, -0.2) is 0 Å². The molecule has 3 heteroatoms. The Morgan fingerprint density at radius 3 is 2.59 bits per heavy atom. The molecule has 1 amide bonds. The van der Waals surface area contributed by atoms with Crippen LogP contribution >= 0.6 is 11.6 Å². The highest BCUT2D eigenvalue weighted by Gasteiger charge is 2.28. The number of fused-ring (bicyclic) bond motifs is 1. The highest BCUT2D eigenvalue weighted by molar-refractivity contribution is 6.31. The van der Waals surface area contributed by atoms with Crippen molar-refractivity contribution in [2.24, 2.45) is 0 Å². The van der Waals surface area contributed by atoms with E-state index in [2.05, 4.69) is 0 Å². The standard InChI is InChI=1S/C14H10ClNO/c15-11-6-7-13-10(8-11)9-16(14(13)17)12-4-2-1-3-5-12/h1-8H,9H2. The number of halogens is 1. The predicted molar refractivity (Wildman–Crippen MR) is 68.4 cm³/mol. The molecule has 1 heterocycles. The molecule has 0 radical (unpaired) electrons. The normalized spacial score (nSPS) is 13.9. The lowest BCUT2D eigenvalue weighted by Crippen LogP contribution is -2.22. The Bertz CT molecular complexity index is 580. The number of anilines is 1. The minimum absolute atomic E-state index is 0.0443. The number of carbonyl (C=O) groups excluding carboxylic acids is 1. The van der Waals surface area contributed by atoms with Crippen molar-refractivity contribution in [3.63, 3.8) is 0 Å². The van der Waals surface area contributed by atoms with Gasteiger partial charge in [-0.15, -0.1) is 0 Å². The average Bonchev–Trinajstić information content (AvgIpc) is 2.67. The van der Waals surface area contributed by atoms with Crippen LogP contribution in [-0.4, -0.2) is 5.91 Å². The van der Waals surface area contributed by atoms with Crippen molar-refractivity contribution in [3.05, 3.63) is 64.7 Å². The van der Waals surface area contributed by atoms with Crippen LogP contribution in [0, 0.1) is 0 Å². The van der Waals surface area contributed by atoms with Gasteiger partial charge in [-0.3, -0.25) is 4.79 Å². The molecule has 2 aromatic carbocycles. The number of carbonyl (C=O) groups is 1. The second-order valence-electron chi connectivity index (χ2n) is 4.03. The van der Waals surface area contributed by atoms with Crippen molar-refractivity contribution in [2.45, 2.75) is 6.54 Å². The lowest BCUT2D eigenvalue weighted by Gasteiger charge is -2.15. The predicted octanol–water partition coefficient (Wildman–Crippen LogP) is 3.50. The summed E-state index contributed by atoms with van der Waals surface area (Å²) in [5, 5.41) is 0.673. The topological polar surface area (TPSA) is 20.3 Å². The fourth-order valence-electron chi connectivity index (χ4n) is 2.11. The van der Waals surface area contributed by atoms with Gasteiger partial charge >= 0.3 is 0 Å². The maximum atomic E-state index is 12.2. The molecule has 17 heavy (non-hydrogen) atoms. The van der Waals surface area contributed by atoms with Gasteiger partial charge in [0, 0.05) is 16.3 Å². The summed E-state index contributed by atoms with van der Waals surface area (Å²) in [5.41, 5.74) is 2.66. The number of hydrogen-bond donors (Lipinski definition) is 0. The Morgan fingerprint density at radius 2 is 1.82 bits per heavy atom. The molecule has 0 fully saturated rings. The molecule has 0 atom stereocenters. The van der Waals surface area contributed by atoms with Crippen LogP contribution in [0.5, 0.6) is 0 Å². The van der Waals surface area contributed by atoms with Crippen molar-refractivity contribution in [2.75, 3.05) is 4.90 Å². The Labute approximate surface area is 104 Å². The van der Waals surface area contributed by atoms with E-state index in [0.29, 0.717) is 11.6 Å². The summed E-state index contributed by atoms with van der Waals surface area (Å²) in [6, 6.07) is 15.1. The van der Waals surface area contributed by atoms with Gasteiger partial charge in [0.1, 0.15) is 0 Å². The van der Waals surface area contributed by atoms with E-state index in [1.165, 1.54) is 0 Å². The van der Waals surface area contributed by atoms with E-state index in [-0.39, 0.29) is 5.91 Å². The van der Waals surface area contributed by atoms with Gasteiger partial charge in [0.05, 0.1) is 6.54 Å². The molecule has 0 saturated carbocycles. The van der Waals surface area contributed by atoms with Gasteiger partial charge in [0.2, 0.25) is 0 Å². The summed E-state index contributed by atoms with van der Waals surface area (Å²) in [5.74, 6) is 0.0443. The second-order valence-corrected chi connectivity index (χ2v) is 4.46. The monoisotopic (exact) mass is 243 g/mol. The first kappa shape index (κ1) is 10.4. The summed E-state index contributed by atoms with van der Waals surface area (Å²) in [6.45, 7) is 0.596. The first-order chi connectivity index (χ1) is 8.25. The fourth-order valence-corrected chi connectivity index (χ4v) is 2.30. The number of para-hydroxylation sites is 1. The lowest BCUT2D eigenvalue weighted by atomic mass is 10.1. The van der Waals surface area contributed by atoms with Crippen molar-refractivity contribution in [3.8, 4) is 0 Å². The lowest BCUT2D eigenvalue weighted by molar-refractivity contribution is 0.0996. The van der Waals surface area contributed by atoms with Crippen molar-refractivity contribution >= 4 is 23.2 Å². The summed E-state index contributed by atoms with van der Waals surface area (Å²) >= 11 is 5.93. The molecule has 2 nitrogen and oxygen atoms in total. The molecule has 0 aromatic heterocycles. The second kappa shape index (κ2) is 3.90. The quantitative estimate of drug-likeness (QED) is 0.751. The van der Waals surface area contributed by atoms with E-state index in [0.717, 1.165) is 16.8 Å². The van der Waals surface area contributed by atoms with Crippen molar-refractivity contribution in [1.82, 2.24) is 0 Å². The summed E-state index contributed by atoms with van der Waals surface area (Å²) in [6.07, 6.45) is 0. The Kier molecular flexibility index (Phi) is 2.37. The molecular formula is C14H10ClNO. The zero-order valence-electron chi connectivity index (χ0n) is 9.06. The van der Waals surface area contributed by atoms with Crippen LogP contribution in [0.15, 0.2) is 48.5 Å². The van der Waals surface area contributed by atoms with E-state index in [1.807, 2.05) is 36.4 Å². The number of amides is 1. The molecule has 0 N–H and O–H groups in total. The molecule has 2 aromatic rings. The number of rotatable bonds is 1. The van der Waals surface area contributed by atoms with E-state index < -0.39 is 0 Å². The molecule has 0 aliphatic carbocycles. The van der Waals surface area contributed by atoms with Gasteiger partial charge in [0.15, 0.2) is 0 Å². The van der Waals surface area contributed by atoms with E-state index >= 15 is 0 Å². The maximum Gasteiger partial charge on any atom is 0.258 e. The van der Waals surface area contributed by atoms with Crippen LogP contribution in [-0.2, 0) is 6.54 Å². The van der Waals surface area contributed by atoms with Crippen LogP contribution in [0.2, 0.25) is 5.02 Å². The molecule has 0 unspecified atom stereocenters. The van der Waals surface area contributed by atoms with Crippen molar-refractivity contribution in [1.29, 1.82) is 0 Å². The largest absolute Gasteiger partial charge is 0.304 e. The van der Waals surface area contributed by atoms with Crippen LogP contribution < -0.4 is 4.90 Å².